The summed E-state index contributed by atoms with van der Waals surface area (Å²) in [5, 5.41) is 7.24. The van der Waals surface area contributed by atoms with Crippen LogP contribution < -0.4 is 4.74 Å². The highest BCUT2D eigenvalue weighted by atomic mass is 16.5. The Morgan fingerprint density at radius 3 is 2.77 bits per heavy atom. The highest BCUT2D eigenvalue weighted by Gasteiger charge is 2.17. The van der Waals surface area contributed by atoms with Crippen molar-refractivity contribution in [3.63, 3.8) is 0 Å². The van der Waals surface area contributed by atoms with E-state index in [0.717, 1.165) is 77.7 Å². The molecule has 140 valence electrons. The first-order valence-electron chi connectivity index (χ1n) is 9.62. The Morgan fingerprint density at radius 1 is 1.08 bits per heavy atom. The van der Waals surface area contributed by atoms with E-state index in [9.17, 15) is 0 Å². The molecule has 1 saturated heterocycles. The normalized spacial score (nSPS) is 18.6. The van der Waals surface area contributed by atoms with Crippen LogP contribution in [0.15, 0.2) is 30.5 Å². The number of rotatable bonds is 7. The SMILES string of the molecule is c1cc(OCCCN2CCOCC2)ccc1CN1CCc2[nH]ncc2C1. The zero-order chi connectivity index (χ0) is 17.6. The first-order valence-corrected chi connectivity index (χ1v) is 9.62. The lowest BCUT2D eigenvalue weighted by molar-refractivity contribution is 0.0358. The van der Waals surface area contributed by atoms with E-state index in [-0.39, 0.29) is 0 Å². The van der Waals surface area contributed by atoms with Crippen LogP contribution in [0.2, 0.25) is 0 Å². The van der Waals surface area contributed by atoms with Crippen molar-refractivity contribution in [2.24, 2.45) is 0 Å². The monoisotopic (exact) mass is 356 g/mol. The van der Waals surface area contributed by atoms with Crippen molar-refractivity contribution in [2.45, 2.75) is 25.9 Å². The van der Waals surface area contributed by atoms with E-state index in [2.05, 4.69) is 44.3 Å². The van der Waals surface area contributed by atoms with Crippen LogP contribution >= 0.6 is 0 Å². The van der Waals surface area contributed by atoms with Crippen LogP contribution in [0.1, 0.15) is 23.2 Å². The fourth-order valence-corrected chi connectivity index (χ4v) is 3.67. The lowest BCUT2D eigenvalue weighted by atomic mass is 10.1. The van der Waals surface area contributed by atoms with E-state index in [4.69, 9.17) is 9.47 Å². The molecule has 2 aliphatic heterocycles. The van der Waals surface area contributed by atoms with Crippen molar-refractivity contribution >= 4 is 0 Å². The van der Waals surface area contributed by atoms with Crippen molar-refractivity contribution in [2.75, 3.05) is 46.0 Å². The van der Waals surface area contributed by atoms with Crippen LogP contribution in [0.25, 0.3) is 0 Å². The van der Waals surface area contributed by atoms with Gasteiger partial charge < -0.3 is 9.47 Å². The Kier molecular flexibility index (Phi) is 5.84. The summed E-state index contributed by atoms with van der Waals surface area (Å²) < 4.78 is 11.3. The Balaban J connectivity index is 1.19. The van der Waals surface area contributed by atoms with E-state index >= 15 is 0 Å². The molecule has 2 aromatic rings. The van der Waals surface area contributed by atoms with Gasteiger partial charge in [-0.3, -0.25) is 14.9 Å². The molecule has 0 spiro atoms. The van der Waals surface area contributed by atoms with Crippen LogP contribution in [-0.4, -0.2) is 66.0 Å². The van der Waals surface area contributed by atoms with E-state index < -0.39 is 0 Å². The maximum atomic E-state index is 5.89. The zero-order valence-corrected chi connectivity index (χ0v) is 15.3. The highest BCUT2D eigenvalue weighted by molar-refractivity contribution is 5.27. The number of aromatic nitrogens is 2. The molecule has 0 saturated carbocycles. The van der Waals surface area contributed by atoms with E-state index in [1.54, 1.807) is 0 Å². The third-order valence-electron chi connectivity index (χ3n) is 5.20. The number of fused-ring (bicyclic) bond motifs is 1. The minimum atomic E-state index is 0.770. The van der Waals surface area contributed by atoms with Crippen LogP contribution in [0, 0.1) is 0 Å². The number of ether oxygens (including phenoxy) is 2. The number of benzene rings is 1. The third-order valence-corrected chi connectivity index (χ3v) is 5.20. The quantitative estimate of drug-likeness (QED) is 0.770. The average Bonchev–Trinajstić information content (AvgIpc) is 3.15. The van der Waals surface area contributed by atoms with Gasteiger partial charge in [-0.1, -0.05) is 12.1 Å². The second kappa shape index (κ2) is 8.66. The molecule has 1 aromatic heterocycles. The lowest BCUT2D eigenvalue weighted by Crippen LogP contribution is -2.37. The van der Waals surface area contributed by atoms with Gasteiger partial charge in [-0.05, 0) is 24.1 Å². The largest absolute Gasteiger partial charge is 0.494 e. The number of aromatic amines is 1. The number of nitrogens with one attached hydrogen (secondary N) is 1. The second-order valence-corrected chi connectivity index (χ2v) is 7.13. The van der Waals surface area contributed by atoms with E-state index in [0.29, 0.717) is 0 Å². The van der Waals surface area contributed by atoms with Gasteiger partial charge in [0.25, 0.3) is 0 Å². The zero-order valence-electron chi connectivity index (χ0n) is 15.3. The van der Waals surface area contributed by atoms with Crippen molar-refractivity contribution in [3.8, 4) is 5.75 Å². The van der Waals surface area contributed by atoms with Gasteiger partial charge >= 0.3 is 0 Å². The number of nitrogens with zero attached hydrogens (tertiary/aromatic N) is 3. The first-order chi connectivity index (χ1) is 12.9. The number of H-pyrrole nitrogens is 1. The number of morpholine rings is 1. The van der Waals surface area contributed by atoms with Gasteiger partial charge in [0.2, 0.25) is 0 Å². The number of hydrogen-bond donors (Lipinski definition) is 1. The molecule has 6 nitrogen and oxygen atoms in total. The Hall–Kier alpha value is -1.89. The predicted octanol–water partition coefficient (Wildman–Crippen LogP) is 2.07. The van der Waals surface area contributed by atoms with E-state index in [1.807, 2.05) is 6.20 Å². The molecular weight excluding hydrogens is 328 g/mol. The average molecular weight is 356 g/mol. The van der Waals surface area contributed by atoms with Crippen LogP contribution in [0.3, 0.4) is 0 Å². The lowest BCUT2D eigenvalue weighted by Gasteiger charge is -2.26. The number of hydrogen-bond acceptors (Lipinski definition) is 5. The minimum Gasteiger partial charge on any atom is -0.494 e. The highest BCUT2D eigenvalue weighted by Crippen LogP contribution is 2.19. The molecule has 1 aromatic carbocycles. The molecular formula is C20H28N4O2. The predicted molar refractivity (Wildman–Crippen MR) is 100 cm³/mol. The molecule has 0 aliphatic carbocycles. The summed E-state index contributed by atoms with van der Waals surface area (Å²) in [6.07, 6.45) is 4.07. The molecule has 4 rings (SSSR count). The molecule has 3 heterocycles. The van der Waals surface area contributed by atoms with Gasteiger partial charge in [-0.25, -0.2) is 0 Å². The molecule has 0 bridgehead atoms. The van der Waals surface area contributed by atoms with Gasteiger partial charge in [0.05, 0.1) is 26.0 Å². The summed E-state index contributed by atoms with van der Waals surface area (Å²) in [4.78, 5) is 4.91. The topological polar surface area (TPSA) is 53.6 Å². The second-order valence-electron chi connectivity index (χ2n) is 7.13. The van der Waals surface area contributed by atoms with Crippen LogP contribution in [0.4, 0.5) is 0 Å². The first kappa shape index (κ1) is 17.5. The van der Waals surface area contributed by atoms with Crippen molar-refractivity contribution in [1.29, 1.82) is 0 Å². The molecule has 0 amide bonds. The fraction of sp³-hybridized carbons (Fsp3) is 0.550. The summed E-state index contributed by atoms with van der Waals surface area (Å²) in [7, 11) is 0. The van der Waals surface area contributed by atoms with Crippen molar-refractivity contribution in [3.05, 3.63) is 47.3 Å². The fourth-order valence-electron chi connectivity index (χ4n) is 3.67. The summed E-state index contributed by atoms with van der Waals surface area (Å²) in [5.41, 5.74) is 3.95. The molecule has 1 fully saturated rings. The summed E-state index contributed by atoms with van der Waals surface area (Å²) in [6, 6.07) is 8.55. The van der Waals surface area contributed by atoms with Crippen LogP contribution in [-0.2, 0) is 24.2 Å². The smallest absolute Gasteiger partial charge is 0.119 e. The molecule has 1 N–H and O–H groups in total. The van der Waals surface area contributed by atoms with Gasteiger partial charge in [-0.2, -0.15) is 5.10 Å². The van der Waals surface area contributed by atoms with Gasteiger partial charge in [0.15, 0.2) is 0 Å². The maximum absolute atomic E-state index is 5.89. The third kappa shape index (κ3) is 4.63. The molecule has 26 heavy (non-hydrogen) atoms. The molecule has 0 atom stereocenters. The molecule has 6 heteroatoms. The van der Waals surface area contributed by atoms with Crippen molar-refractivity contribution < 1.29 is 9.47 Å². The van der Waals surface area contributed by atoms with Gasteiger partial charge in [0.1, 0.15) is 5.75 Å². The van der Waals surface area contributed by atoms with Crippen molar-refractivity contribution in [1.82, 2.24) is 20.0 Å². The van der Waals surface area contributed by atoms with Gasteiger partial charge in [0, 0.05) is 56.9 Å². The van der Waals surface area contributed by atoms with E-state index in [1.165, 1.54) is 16.8 Å². The Labute approximate surface area is 155 Å². The maximum Gasteiger partial charge on any atom is 0.119 e. The molecule has 0 unspecified atom stereocenters. The molecule has 0 radical (unpaired) electrons. The van der Waals surface area contributed by atoms with Gasteiger partial charge in [-0.15, -0.1) is 0 Å². The minimum absolute atomic E-state index is 0.770. The summed E-state index contributed by atoms with van der Waals surface area (Å²) in [6.45, 7) is 8.71. The molecule has 2 aliphatic rings. The Morgan fingerprint density at radius 2 is 1.92 bits per heavy atom. The Bertz CT molecular complexity index is 679. The summed E-state index contributed by atoms with van der Waals surface area (Å²) >= 11 is 0. The standard InChI is InChI=1S/C20H28N4O2/c1(7-23-9-12-25-13-10-23)11-26-19-4-2-17(3-5-19)15-24-8-6-20-18(16-24)14-21-22-20/h2-5,14H,1,6-13,15-16H2,(H,21,22). The van der Waals surface area contributed by atoms with Crippen LogP contribution in [0.5, 0.6) is 5.75 Å². The summed E-state index contributed by atoms with van der Waals surface area (Å²) in [5.74, 6) is 0.964.